The molecule has 1 aliphatic carbocycles. The van der Waals surface area contributed by atoms with E-state index in [2.05, 4.69) is 5.32 Å². The summed E-state index contributed by atoms with van der Waals surface area (Å²) in [5, 5.41) is 24.8. The third-order valence-corrected chi connectivity index (χ3v) is 9.91. The molecule has 3 heterocycles. The zero-order valence-corrected chi connectivity index (χ0v) is 27.3. The van der Waals surface area contributed by atoms with Crippen LogP contribution in [-0.4, -0.2) is 71.6 Å². The number of hydrogen-bond acceptors (Lipinski definition) is 8. The highest BCUT2D eigenvalue weighted by Gasteiger charge is 2.49. The quantitative estimate of drug-likeness (QED) is 0.314. The van der Waals surface area contributed by atoms with Crippen LogP contribution in [0.25, 0.3) is 0 Å². The van der Waals surface area contributed by atoms with E-state index in [1.54, 1.807) is 31.1 Å². The average Bonchev–Trinajstić information content (AvgIpc) is 3.39. The lowest BCUT2D eigenvalue weighted by Gasteiger charge is -2.39. The molecule has 46 heavy (non-hydrogen) atoms. The van der Waals surface area contributed by atoms with E-state index in [0.717, 1.165) is 43.2 Å². The Morgan fingerprint density at radius 1 is 1.13 bits per heavy atom. The summed E-state index contributed by atoms with van der Waals surface area (Å²) in [5.41, 5.74) is 2.02. The number of phenols is 1. The fraction of sp³-hybridized carbons (Fsp3) is 0.583. The minimum atomic E-state index is -0.880. The molecule has 0 radical (unpaired) electrons. The third-order valence-electron chi connectivity index (χ3n) is 9.91. The molecule has 0 spiro atoms. The average molecular weight is 637 g/mol. The molecule has 1 aromatic carbocycles. The van der Waals surface area contributed by atoms with Crippen molar-refractivity contribution >= 4 is 23.5 Å². The van der Waals surface area contributed by atoms with Gasteiger partial charge in [-0.05, 0) is 57.2 Å². The summed E-state index contributed by atoms with van der Waals surface area (Å²) in [6.45, 7) is 5.34. The maximum absolute atomic E-state index is 13.2. The molecule has 0 aromatic heterocycles. The third kappa shape index (κ3) is 7.33. The van der Waals surface area contributed by atoms with Gasteiger partial charge in [0.15, 0.2) is 0 Å². The second-order valence-corrected chi connectivity index (χ2v) is 13.1. The highest BCUT2D eigenvalue weighted by Crippen LogP contribution is 2.46. The number of phenolic OH excluding ortho intramolecular Hbond substituents is 1. The molecule has 10 nitrogen and oxygen atoms in total. The Balaban J connectivity index is 1.38. The van der Waals surface area contributed by atoms with Gasteiger partial charge >= 0.3 is 5.97 Å². The molecule has 4 aliphatic rings. The molecule has 1 aromatic rings. The van der Waals surface area contributed by atoms with Crippen molar-refractivity contribution in [3.05, 3.63) is 53.6 Å². The fourth-order valence-corrected chi connectivity index (χ4v) is 7.15. The van der Waals surface area contributed by atoms with E-state index in [9.17, 15) is 24.6 Å². The number of nitrogens with zero attached hydrogens (tertiary/aromatic N) is 1. The van der Waals surface area contributed by atoms with Crippen LogP contribution >= 0.6 is 0 Å². The number of allylic oxidation sites excluding steroid dienone is 3. The molecule has 2 amide bonds. The van der Waals surface area contributed by atoms with Gasteiger partial charge < -0.3 is 29.7 Å². The van der Waals surface area contributed by atoms with Crippen LogP contribution in [0.5, 0.6) is 11.5 Å². The number of aliphatic hydroxyl groups excluding tert-OH is 1. The van der Waals surface area contributed by atoms with Crippen molar-refractivity contribution in [2.24, 2.45) is 11.8 Å². The minimum absolute atomic E-state index is 0.0410. The van der Waals surface area contributed by atoms with Crippen LogP contribution in [0.1, 0.15) is 77.7 Å². The first kappa shape index (κ1) is 33.7. The van der Waals surface area contributed by atoms with Crippen molar-refractivity contribution in [1.82, 2.24) is 5.32 Å². The maximum Gasteiger partial charge on any atom is 0.328 e. The molecule has 0 unspecified atom stereocenters. The second kappa shape index (κ2) is 14.9. The number of rotatable bonds is 5. The Bertz CT molecular complexity index is 1380. The van der Waals surface area contributed by atoms with Crippen molar-refractivity contribution in [2.45, 2.75) is 115 Å². The number of aliphatic hydroxyl groups is 1. The molecule has 1 saturated heterocycles. The summed E-state index contributed by atoms with van der Waals surface area (Å²) in [5.74, 6) is -0.638. The number of hydrogen-bond donors (Lipinski definition) is 3. The SMILES string of the molecule is CO[C@H]1CC(=O)N2c3cc(O)cc4c3O[C@H](C=CC=CC[C@@H](OC(=O)[C@H](C)NC(=O)C3CCCCC3)[C@@H](C)[C@H](O)C(C)=CCC4)[C@H]12. The monoisotopic (exact) mass is 636 g/mol. The summed E-state index contributed by atoms with van der Waals surface area (Å²) >= 11 is 0. The van der Waals surface area contributed by atoms with E-state index in [4.69, 9.17) is 14.2 Å². The van der Waals surface area contributed by atoms with Crippen LogP contribution in [0, 0.1) is 11.8 Å². The Labute approximate surface area is 271 Å². The Morgan fingerprint density at radius 2 is 1.89 bits per heavy atom. The summed E-state index contributed by atoms with van der Waals surface area (Å²) in [6.07, 6.45) is 13.4. The van der Waals surface area contributed by atoms with Crippen LogP contribution in [0.2, 0.25) is 0 Å². The van der Waals surface area contributed by atoms with E-state index in [-0.39, 0.29) is 36.0 Å². The maximum atomic E-state index is 13.2. The van der Waals surface area contributed by atoms with Crippen LogP contribution in [0.4, 0.5) is 5.69 Å². The zero-order chi connectivity index (χ0) is 33.0. The van der Waals surface area contributed by atoms with Crippen LogP contribution < -0.4 is 15.0 Å². The van der Waals surface area contributed by atoms with Crippen molar-refractivity contribution in [3.8, 4) is 11.5 Å². The highest BCUT2D eigenvalue weighted by atomic mass is 16.5. The predicted octanol–water partition coefficient (Wildman–Crippen LogP) is 4.66. The molecule has 7 atom stereocenters. The normalized spacial score (nSPS) is 29.4. The smallest absolute Gasteiger partial charge is 0.328 e. The van der Waals surface area contributed by atoms with Gasteiger partial charge in [0.05, 0.1) is 24.3 Å². The number of esters is 1. The number of benzene rings is 1. The Hall–Kier alpha value is -3.63. The Kier molecular flexibility index (Phi) is 10.9. The molecular formula is C36H48N2O8. The summed E-state index contributed by atoms with van der Waals surface area (Å²) < 4.78 is 18.2. The number of nitrogens with one attached hydrogen (secondary N) is 1. The predicted molar refractivity (Wildman–Crippen MR) is 173 cm³/mol. The first-order chi connectivity index (χ1) is 22.1. The highest BCUT2D eigenvalue weighted by molar-refractivity contribution is 5.99. The Morgan fingerprint density at radius 3 is 2.63 bits per heavy atom. The van der Waals surface area contributed by atoms with Gasteiger partial charge in [-0.2, -0.15) is 0 Å². The molecule has 1 saturated carbocycles. The van der Waals surface area contributed by atoms with Gasteiger partial charge in [-0.1, -0.05) is 50.5 Å². The number of fused-ring (bicyclic) bond motifs is 4. The largest absolute Gasteiger partial charge is 0.508 e. The number of aromatic hydroxyl groups is 1. The first-order valence-electron chi connectivity index (χ1n) is 16.6. The van der Waals surface area contributed by atoms with E-state index in [1.807, 2.05) is 44.2 Å². The van der Waals surface area contributed by atoms with E-state index < -0.39 is 42.3 Å². The summed E-state index contributed by atoms with van der Waals surface area (Å²) in [6, 6.07) is 2.01. The zero-order valence-electron chi connectivity index (χ0n) is 27.3. The summed E-state index contributed by atoms with van der Waals surface area (Å²) in [7, 11) is 1.58. The molecule has 10 heteroatoms. The fourth-order valence-electron chi connectivity index (χ4n) is 7.15. The molecule has 3 aliphatic heterocycles. The van der Waals surface area contributed by atoms with Crippen molar-refractivity contribution in [2.75, 3.05) is 12.0 Å². The van der Waals surface area contributed by atoms with Gasteiger partial charge in [-0.3, -0.25) is 14.5 Å². The van der Waals surface area contributed by atoms with Crippen molar-refractivity contribution in [1.29, 1.82) is 0 Å². The van der Waals surface area contributed by atoms with E-state index in [0.29, 0.717) is 30.7 Å². The first-order valence-corrected chi connectivity index (χ1v) is 16.6. The van der Waals surface area contributed by atoms with Gasteiger partial charge in [0, 0.05) is 37.0 Å². The van der Waals surface area contributed by atoms with Crippen molar-refractivity contribution in [3.63, 3.8) is 0 Å². The number of carbonyl (C=O) groups excluding carboxylic acids is 3. The van der Waals surface area contributed by atoms with Crippen LogP contribution in [0.15, 0.2) is 48.1 Å². The van der Waals surface area contributed by atoms with Crippen LogP contribution in [-0.2, 0) is 30.3 Å². The lowest BCUT2D eigenvalue weighted by Crippen LogP contribution is -2.51. The van der Waals surface area contributed by atoms with E-state index in [1.165, 1.54) is 0 Å². The lowest BCUT2D eigenvalue weighted by molar-refractivity contribution is -0.156. The number of ether oxygens (including phenoxy) is 3. The van der Waals surface area contributed by atoms with Gasteiger partial charge in [-0.15, -0.1) is 0 Å². The molecule has 5 rings (SSSR count). The van der Waals surface area contributed by atoms with Crippen molar-refractivity contribution < 1.29 is 38.8 Å². The van der Waals surface area contributed by atoms with Gasteiger partial charge in [0.25, 0.3) is 0 Å². The number of carbonyl (C=O) groups is 3. The van der Waals surface area contributed by atoms with Crippen LogP contribution in [0.3, 0.4) is 0 Å². The molecule has 3 N–H and O–H groups in total. The molecule has 2 fully saturated rings. The molecule has 2 bridgehead atoms. The second-order valence-electron chi connectivity index (χ2n) is 13.1. The molecule has 250 valence electrons. The van der Waals surface area contributed by atoms with E-state index >= 15 is 0 Å². The molecular weight excluding hydrogens is 588 g/mol. The number of amides is 2. The number of aryl methyl sites for hydroxylation is 1. The standard InChI is InChI=1S/C36H48N2O8/c1-21-12-11-15-25-18-26(39)19-27-34(25)45-29(32-30(44-4)20-31(40)38(27)32)17-10-6-9-16-28(22(2)33(21)41)46-36(43)23(3)37-35(42)24-13-7-5-8-14-24/h6,9-10,12,17-19,22-24,28-30,32-33,39,41H,5,7-8,11,13-16,20H2,1-4H3,(H,37,42)/t22-,23+,28-,29-,30+,32-,33-/m1/s1. The minimum Gasteiger partial charge on any atom is -0.508 e. The lowest BCUT2D eigenvalue weighted by atomic mass is 9.88. The number of methoxy groups -OCH3 is 1. The van der Waals surface area contributed by atoms with Gasteiger partial charge in [-0.25, -0.2) is 4.79 Å². The topological polar surface area (TPSA) is 135 Å². The summed E-state index contributed by atoms with van der Waals surface area (Å²) in [4.78, 5) is 40.8. The number of anilines is 1. The van der Waals surface area contributed by atoms with Gasteiger partial charge in [0.2, 0.25) is 11.8 Å². The van der Waals surface area contributed by atoms with Gasteiger partial charge in [0.1, 0.15) is 35.8 Å².